The Morgan fingerprint density at radius 2 is 1.72 bits per heavy atom. The van der Waals surface area contributed by atoms with Crippen molar-refractivity contribution in [2.45, 2.75) is 6.04 Å². The largest absolute Gasteiger partial charge is 0.387 e. The zero-order valence-electron chi connectivity index (χ0n) is 13.6. The number of pyridine rings is 1. The van der Waals surface area contributed by atoms with Crippen LogP contribution in [0.25, 0.3) is 0 Å². The molecule has 0 radical (unpaired) electrons. The van der Waals surface area contributed by atoms with Crippen molar-refractivity contribution >= 4 is 17.3 Å². The van der Waals surface area contributed by atoms with E-state index in [0.717, 1.165) is 16.9 Å². The summed E-state index contributed by atoms with van der Waals surface area (Å²) in [4.78, 5) is 15.8. The van der Waals surface area contributed by atoms with Crippen LogP contribution >= 0.6 is 0 Å². The van der Waals surface area contributed by atoms with Crippen LogP contribution in [0.1, 0.15) is 17.3 Å². The number of benzene rings is 2. The molecule has 1 aromatic heterocycles. The molecule has 126 valence electrons. The normalized spacial score (nSPS) is 11.6. The zero-order valence-corrected chi connectivity index (χ0v) is 13.6. The maximum Gasteiger partial charge on any atom is 0.250 e. The Morgan fingerprint density at radius 3 is 2.44 bits per heavy atom. The Morgan fingerprint density at radius 1 is 0.960 bits per heavy atom. The van der Waals surface area contributed by atoms with E-state index in [9.17, 15) is 4.79 Å². The summed E-state index contributed by atoms with van der Waals surface area (Å²) in [6.45, 7) is -0.543. The molecule has 0 saturated carbocycles. The number of carbonyl (C=O) groups excluding carboxylic acids is 1. The van der Waals surface area contributed by atoms with Gasteiger partial charge in [-0.15, -0.1) is 0 Å². The van der Waals surface area contributed by atoms with Crippen LogP contribution in [0.15, 0.2) is 79.0 Å². The minimum Gasteiger partial charge on any atom is -0.387 e. The second-order valence-corrected chi connectivity index (χ2v) is 5.53. The van der Waals surface area contributed by atoms with Gasteiger partial charge < -0.3 is 15.7 Å². The first-order chi connectivity index (χ1) is 12.3. The highest BCUT2D eigenvalue weighted by atomic mass is 16.3. The molecule has 0 aliphatic heterocycles. The molecule has 1 amide bonds. The maximum absolute atomic E-state index is 11.4. The van der Waals surface area contributed by atoms with E-state index in [1.54, 1.807) is 12.3 Å². The molecule has 5 heteroatoms. The smallest absolute Gasteiger partial charge is 0.250 e. The predicted octanol–water partition coefficient (Wildman–Crippen LogP) is 3.21. The SMILES string of the molecule is O=C(CO)Nc1cccc(N[C@H](c2ccccc2)c2ccccn2)c1. The summed E-state index contributed by atoms with van der Waals surface area (Å²) < 4.78 is 0. The first-order valence-corrected chi connectivity index (χ1v) is 7.99. The zero-order chi connectivity index (χ0) is 17.5. The van der Waals surface area contributed by atoms with E-state index >= 15 is 0 Å². The number of aliphatic hydroxyl groups is 1. The molecule has 3 aromatic rings. The summed E-state index contributed by atoms with van der Waals surface area (Å²) in [6, 6.07) is 23.1. The molecule has 3 N–H and O–H groups in total. The summed E-state index contributed by atoms with van der Waals surface area (Å²) in [5.74, 6) is -0.443. The molecule has 5 nitrogen and oxygen atoms in total. The fourth-order valence-electron chi connectivity index (χ4n) is 2.57. The van der Waals surface area contributed by atoms with Gasteiger partial charge in [-0.1, -0.05) is 42.5 Å². The lowest BCUT2D eigenvalue weighted by molar-refractivity contribution is -0.118. The number of amides is 1. The van der Waals surface area contributed by atoms with Crippen LogP contribution < -0.4 is 10.6 Å². The Hall–Kier alpha value is -3.18. The third-order valence-electron chi connectivity index (χ3n) is 3.72. The molecule has 0 spiro atoms. The maximum atomic E-state index is 11.4. The van der Waals surface area contributed by atoms with Crippen molar-refractivity contribution in [3.05, 3.63) is 90.3 Å². The van der Waals surface area contributed by atoms with E-state index in [0.29, 0.717) is 5.69 Å². The lowest BCUT2D eigenvalue weighted by Gasteiger charge is -2.20. The number of anilines is 2. The molecule has 0 unspecified atom stereocenters. The van der Waals surface area contributed by atoms with E-state index in [2.05, 4.69) is 15.6 Å². The number of hydrogen-bond donors (Lipinski definition) is 3. The quantitative estimate of drug-likeness (QED) is 0.647. The summed E-state index contributed by atoms with van der Waals surface area (Å²) in [5, 5.41) is 15.0. The molecule has 0 fully saturated rings. The Balaban J connectivity index is 1.88. The van der Waals surface area contributed by atoms with Gasteiger partial charge >= 0.3 is 0 Å². The molecule has 2 aromatic carbocycles. The monoisotopic (exact) mass is 333 g/mol. The van der Waals surface area contributed by atoms with Gasteiger partial charge in [0.25, 0.3) is 0 Å². The number of rotatable bonds is 6. The van der Waals surface area contributed by atoms with Crippen LogP contribution in [0, 0.1) is 0 Å². The van der Waals surface area contributed by atoms with Crippen molar-refractivity contribution in [2.24, 2.45) is 0 Å². The summed E-state index contributed by atoms with van der Waals surface area (Å²) >= 11 is 0. The van der Waals surface area contributed by atoms with Crippen LogP contribution in [0.4, 0.5) is 11.4 Å². The highest BCUT2D eigenvalue weighted by Crippen LogP contribution is 2.26. The Labute approximate surface area is 146 Å². The molecule has 1 atom stereocenters. The van der Waals surface area contributed by atoms with E-state index in [-0.39, 0.29) is 6.04 Å². The first-order valence-electron chi connectivity index (χ1n) is 7.99. The summed E-state index contributed by atoms with van der Waals surface area (Å²) in [6.07, 6.45) is 1.77. The molecular formula is C20H19N3O2. The molecule has 0 aliphatic rings. The van der Waals surface area contributed by atoms with Crippen molar-refractivity contribution < 1.29 is 9.90 Å². The molecule has 0 aliphatic carbocycles. The second kappa shape index (κ2) is 8.08. The molecule has 0 saturated heterocycles. The highest BCUT2D eigenvalue weighted by Gasteiger charge is 2.15. The van der Waals surface area contributed by atoms with Crippen LogP contribution in [-0.4, -0.2) is 22.6 Å². The van der Waals surface area contributed by atoms with Gasteiger partial charge in [0, 0.05) is 17.6 Å². The van der Waals surface area contributed by atoms with Crippen LogP contribution in [0.3, 0.4) is 0 Å². The van der Waals surface area contributed by atoms with Gasteiger partial charge in [0.05, 0.1) is 11.7 Å². The van der Waals surface area contributed by atoms with Crippen molar-refractivity contribution in [1.82, 2.24) is 4.98 Å². The fraction of sp³-hybridized carbons (Fsp3) is 0.100. The van der Waals surface area contributed by atoms with Gasteiger partial charge in [-0.2, -0.15) is 0 Å². The first kappa shape index (κ1) is 16.7. The van der Waals surface area contributed by atoms with Crippen molar-refractivity contribution in [3.8, 4) is 0 Å². The standard InChI is InChI=1S/C20H19N3O2/c24-14-19(25)22-16-9-6-10-17(13-16)23-20(15-7-2-1-3-8-15)18-11-4-5-12-21-18/h1-13,20,23-24H,14H2,(H,22,25)/t20-/m1/s1. The third kappa shape index (κ3) is 4.43. The van der Waals surface area contributed by atoms with Crippen LogP contribution in [0.2, 0.25) is 0 Å². The van der Waals surface area contributed by atoms with Crippen molar-refractivity contribution in [1.29, 1.82) is 0 Å². The average Bonchev–Trinajstić information content (AvgIpc) is 2.67. The Kier molecular flexibility index (Phi) is 5.39. The number of aromatic nitrogens is 1. The minimum absolute atomic E-state index is 0.119. The molecule has 0 bridgehead atoms. The third-order valence-corrected chi connectivity index (χ3v) is 3.72. The van der Waals surface area contributed by atoms with E-state index in [4.69, 9.17) is 5.11 Å². The molecular weight excluding hydrogens is 314 g/mol. The highest BCUT2D eigenvalue weighted by molar-refractivity contribution is 5.92. The number of aliphatic hydroxyl groups excluding tert-OH is 1. The fourth-order valence-corrected chi connectivity index (χ4v) is 2.57. The van der Waals surface area contributed by atoms with Crippen LogP contribution in [-0.2, 0) is 4.79 Å². The van der Waals surface area contributed by atoms with Gasteiger partial charge in [0.15, 0.2) is 0 Å². The number of nitrogens with one attached hydrogen (secondary N) is 2. The van der Waals surface area contributed by atoms with E-state index in [1.807, 2.05) is 66.7 Å². The van der Waals surface area contributed by atoms with Gasteiger partial charge in [0.2, 0.25) is 5.91 Å². The average molecular weight is 333 g/mol. The molecule has 1 heterocycles. The van der Waals surface area contributed by atoms with Gasteiger partial charge in [0.1, 0.15) is 6.61 Å². The van der Waals surface area contributed by atoms with Gasteiger partial charge in [-0.05, 0) is 35.9 Å². The number of nitrogens with zero attached hydrogens (tertiary/aromatic N) is 1. The van der Waals surface area contributed by atoms with Crippen molar-refractivity contribution in [2.75, 3.05) is 17.2 Å². The minimum atomic E-state index is -0.543. The lowest BCUT2D eigenvalue weighted by Crippen LogP contribution is -2.16. The molecule has 3 rings (SSSR count). The van der Waals surface area contributed by atoms with Gasteiger partial charge in [-0.3, -0.25) is 9.78 Å². The second-order valence-electron chi connectivity index (χ2n) is 5.53. The number of carbonyl (C=O) groups is 1. The van der Waals surface area contributed by atoms with Crippen LogP contribution in [0.5, 0.6) is 0 Å². The summed E-state index contributed by atoms with van der Waals surface area (Å²) in [7, 11) is 0. The van der Waals surface area contributed by atoms with Gasteiger partial charge in [-0.25, -0.2) is 0 Å². The Bertz CT molecular complexity index is 783. The topological polar surface area (TPSA) is 74.2 Å². The number of hydrogen-bond acceptors (Lipinski definition) is 4. The van der Waals surface area contributed by atoms with E-state index < -0.39 is 12.5 Å². The molecule has 25 heavy (non-hydrogen) atoms. The van der Waals surface area contributed by atoms with Crippen molar-refractivity contribution in [3.63, 3.8) is 0 Å². The predicted molar refractivity (Wildman–Crippen MR) is 98.3 cm³/mol. The van der Waals surface area contributed by atoms with E-state index in [1.165, 1.54) is 0 Å². The summed E-state index contributed by atoms with van der Waals surface area (Å²) in [5.41, 5.74) is 3.46. The lowest BCUT2D eigenvalue weighted by atomic mass is 10.0.